The number of hydrogen-bond acceptors (Lipinski definition) is 4. The SMILES string of the molecule is O=C(CCc1nnc(-c2ccccc2)o1)N1CCCc2ccccc21. The van der Waals surface area contributed by atoms with Crippen molar-refractivity contribution in [3.63, 3.8) is 0 Å². The number of carbonyl (C=O) groups is 1. The average Bonchev–Trinajstić information content (AvgIpc) is 3.15. The van der Waals surface area contributed by atoms with Crippen molar-refractivity contribution in [2.24, 2.45) is 0 Å². The van der Waals surface area contributed by atoms with E-state index in [1.165, 1.54) is 5.56 Å². The molecule has 0 saturated heterocycles. The summed E-state index contributed by atoms with van der Waals surface area (Å²) in [6, 6.07) is 17.8. The first-order valence-corrected chi connectivity index (χ1v) is 8.57. The molecule has 0 N–H and O–H groups in total. The maximum atomic E-state index is 12.6. The molecule has 0 radical (unpaired) electrons. The molecule has 0 aliphatic carbocycles. The van der Waals surface area contributed by atoms with E-state index in [0.29, 0.717) is 24.6 Å². The number of nitrogens with zero attached hydrogens (tertiary/aromatic N) is 3. The lowest BCUT2D eigenvalue weighted by Crippen LogP contribution is -2.35. The zero-order valence-electron chi connectivity index (χ0n) is 13.9. The van der Waals surface area contributed by atoms with E-state index in [0.717, 1.165) is 30.6 Å². The fourth-order valence-corrected chi connectivity index (χ4v) is 3.19. The average molecular weight is 333 g/mol. The first-order chi connectivity index (χ1) is 12.3. The van der Waals surface area contributed by atoms with Crippen molar-refractivity contribution >= 4 is 11.6 Å². The molecule has 1 aromatic heterocycles. The van der Waals surface area contributed by atoms with Gasteiger partial charge in [-0.05, 0) is 36.6 Å². The molecule has 0 saturated carbocycles. The van der Waals surface area contributed by atoms with Gasteiger partial charge >= 0.3 is 0 Å². The number of rotatable bonds is 4. The minimum absolute atomic E-state index is 0.103. The molecule has 0 unspecified atom stereocenters. The Morgan fingerprint density at radius 2 is 1.84 bits per heavy atom. The maximum Gasteiger partial charge on any atom is 0.247 e. The van der Waals surface area contributed by atoms with E-state index in [1.54, 1.807) is 0 Å². The minimum Gasteiger partial charge on any atom is -0.421 e. The summed E-state index contributed by atoms with van der Waals surface area (Å²) in [6.45, 7) is 0.773. The summed E-state index contributed by atoms with van der Waals surface area (Å²) >= 11 is 0. The third kappa shape index (κ3) is 3.31. The first kappa shape index (κ1) is 15.6. The van der Waals surface area contributed by atoms with E-state index in [2.05, 4.69) is 16.3 Å². The van der Waals surface area contributed by atoms with Crippen LogP contribution in [0.3, 0.4) is 0 Å². The number of amides is 1. The summed E-state index contributed by atoms with van der Waals surface area (Å²) in [5.74, 6) is 1.09. The highest BCUT2D eigenvalue weighted by atomic mass is 16.4. The highest BCUT2D eigenvalue weighted by Gasteiger charge is 2.22. The first-order valence-electron chi connectivity index (χ1n) is 8.57. The van der Waals surface area contributed by atoms with Gasteiger partial charge in [0.25, 0.3) is 0 Å². The molecule has 1 aliphatic rings. The van der Waals surface area contributed by atoms with Crippen LogP contribution < -0.4 is 4.90 Å². The van der Waals surface area contributed by atoms with Crippen molar-refractivity contribution in [2.75, 3.05) is 11.4 Å². The number of aryl methyl sites for hydroxylation is 2. The van der Waals surface area contributed by atoms with E-state index >= 15 is 0 Å². The summed E-state index contributed by atoms with van der Waals surface area (Å²) in [5, 5.41) is 8.14. The summed E-state index contributed by atoms with van der Waals surface area (Å²) < 4.78 is 5.68. The van der Waals surface area contributed by atoms with Gasteiger partial charge in [0.15, 0.2) is 0 Å². The molecule has 0 atom stereocenters. The molecule has 5 heteroatoms. The lowest BCUT2D eigenvalue weighted by molar-refractivity contribution is -0.118. The van der Waals surface area contributed by atoms with Crippen LogP contribution >= 0.6 is 0 Å². The predicted octanol–water partition coefficient (Wildman–Crippen LogP) is 3.65. The Bertz CT molecular complexity index is 873. The second kappa shape index (κ2) is 6.89. The molecule has 1 aliphatic heterocycles. The molecule has 0 bridgehead atoms. The number of carbonyl (C=O) groups excluding carboxylic acids is 1. The molecular formula is C20H19N3O2. The summed E-state index contributed by atoms with van der Waals surface area (Å²) in [4.78, 5) is 14.5. The van der Waals surface area contributed by atoms with Gasteiger partial charge in [0.05, 0.1) is 0 Å². The van der Waals surface area contributed by atoms with Crippen LogP contribution in [0.15, 0.2) is 59.0 Å². The minimum atomic E-state index is 0.103. The highest BCUT2D eigenvalue weighted by molar-refractivity contribution is 5.94. The van der Waals surface area contributed by atoms with E-state index in [1.807, 2.05) is 53.4 Å². The van der Waals surface area contributed by atoms with Gasteiger partial charge in [0.1, 0.15) is 0 Å². The Balaban J connectivity index is 1.42. The van der Waals surface area contributed by atoms with Crippen LogP contribution in [0.1, 0.15) is 24.3 Å². The van der Waals surface area contributed by atoms with Gasteiger partial charge in [-0.2, -0.15) is 0 Å². The monoisotopic (exact) mass is 333 g/mol. The predicted molar refractivity (Wildman–Crippen MR) is 95.2 cm³/mol. The molecule has 0 fully saturated rings. The second-order valence-corrected chi connectivity index (χ2v) is 6.14. The van der Waals surface area contributed by atoms with Crippen LogP contribution in [0.2, 0.25) is 0 Å². The fourth-order valence-electron chi connectivity index (χ4n) is 3.19. The molecule has 1 amide bonds. The summed E-state index contributed by atoms with van der Waals surface area (Å²) in [7, 11) is 0. The van der Waals surface area contributed by atoms with Crippen LogP contribution in [0.25, 0.3) is 11.5 Å². The Labute approximate surface area is 146 Å². The Kier molecular flexibility index (Phi) is 4.29. The number of fused-ring (bicyclic) bond motifs is 1. The normalized spacial score (nSPS) is 13.5. The molecule has 126 valence electrons. The van der Waals surface area contributed by atoms with Crippen LogP contribution in [0.5, 0.6) is 0 Å². The van der Waals surface area contributed by atoms with Gasteiger partial charge in [-0.3, -0.25) is 4.79 Å². The lowest BCUT2D eigenvalue weighted by Gasteiger charge is -2.29. The van der Waals surface area contributed by atoms with Crippen molar-refractivity contribution in [2.45, 2.75) is 25.7 Å². The van der Waals surface area contributed by atoms with Crippen LogP contribution in [-0.2, 0) is 17.6 Å². The summed E-state index contributed by atoms with van der Waals surface area (Å²) in [5.41, 5.74) is 3.16. The molecule has 2 heterocycles. The Morgan fingerprint density at radius 3 is 2.72 bits per heavy atom. The molecule has 5 nitrogen and oxygen atoms in total. The number of hydrogen-bond donors (Lipinski definition) is 0. The summed E-state index contributed by atoms with van der Waals surface area (Å²) in [6.07, 6.45) is 2.85. The number of aromatic nitrogens is 2. The fraction of sp³-hybridized carbons (Fsp3) is 0.250. The van der Waals surface area contributed by atoms with E-state index in [-0.39, 0.29) is 5.91 Å². The molecule has 0 spiro atoms. The number of anilines is 1. The smallest absolute Gasteiger partial charge is 0.247 e. The molecule has 3 aromatic rings. The van der Waals surface area contributed by atoms with E-state index in [4.69, 9.17) is 4.42 Å². The van der Waals surface area contributed by atoms with Gasteiger partial charge in [0, 0.05) is 30.6 Å². The van der Waals surface area contributed by atoms with E-state index < -0.39 is 0 Å². The van der Waals surface area contributed by atoms with Crippen molar-refractivity contribution in [1.82, 2.24) is 10.2 Å². The maximum absolute atomic E-state index is 12.6. The van der Waals surface area contributed by atoms with Crippen LogP contribution in [-0.4, -0.2) is 22.6 Å². The molecular weight excluding hydrogens is 314 g/mol. The van der Waals surface area contributed by atoms with Gasteiger partial charge in [0.2, 0.25) is 17.7 Å². The highest BCUT2D eigenvalue weighted by Crippen LogP contribution is 2.27. The van der Waals surface area contributed by atoms with E-state index in [9.17, 15) is 4.79 Å². The van der Waals surface area contributed by atoms with Gasteiger partial charge < -0.3 is 9.32 Å². The number of para-hydroxylation sites is 1. The topological polar surface area (TPSA) is 59.2 Å². The number of benzene rings is 2. The lowest BCUT2D eigenvalue weighted by atomic mass is 10.0. The Hall–Kier alpha value is -2.95. The third-order valence-corrected chi connectivity index (χ3v) is 4.45. The van der Waals surface area contributed by atoms with Crippen molar-refractivity contribution in [1.29, 1.82) is 0 Å². The molecule has 2 aromatic carbocycles. The van der Waals surface area contributed by atoms with Gasteiger partial charge in [-0.1, -0.05) is 36.4 Å². The zero-order chi connectivity index (χ0) is 17.1. The molecule has 25 heavy (non-hydrogen) atoms. The van der Waals surface area contributed by atoms with Crippen molar-refractivity contribution < 1.29 is 9.21 Å². The van der Waals surface area contributed by atoms with Gasteiger partial charge in [-0.15, -0.1) is 10.2 Å². The third-order valence-electron chi connectivity index (χ3n) is 4.45. The van der Waals surface area contributed by atoms with Crippen LogP contribution in [0, 0.1) is 0 Å². The second-order valence-electron chi connectivity index (χ2n) is 6.14. The standard InChI is InChI=1S/C20H19N3O2/c24-19(23-14-6-10-15-7-4-5-11-17(15)23)13-12-18-21-22-20(25-18)16-8-2-1-3-9-16/h1-5,7-9,11H,6,10,12-14H2. The van der Waals surface area contributed by atoms with Crippen molar-refractivity contribution in [3.8, 4) is 11.5 Å². The zero-order valence-corrected chi connectivity index (χ0v) is 13.9. The van der Waals surface area contributed by atoms with Crippen LogP contribution in [0.4, 0.5) is 5.69 Å². The Morgan fingerprint density at radius 1 is 1.04 bits per heavy atom. The largest absolute Gasteiger partial charge is 0.421 e. The molecule has 4 rings (SSSR count). The van der Waals surface area contributed by atoms with Crippen molar-refractivity contribution in [3.05, 3.63) is 66.1 Å². The quantitative estimate of drug-likeness (QED) is 0.731. The van der Waals surface area contributed by atoms with Gasteiger partial charge in [-0.25, -0.2) is 0 Å².